The Morgan fingerprint density at radius 2 is 2.41 bits per heavy atom. The van der Waals surface area contributed by atoms with Gasteiger partial charge in [-0.1, -0.05) is 13.3 Å². The number of amides is 1. The van der Waals surface area contributed by atoms with Crippen LogP contribution in [0.2, 0.25) is 0 Å². The molecule has 0 radical (unpaired) electrons. The molecular weight excluding hydrogens is 216 g/mol. The van der Waals surface area contributed by atoms with Crippen molar-refractivity contribution in [3.8, 4) is 6.07 Å². The van der Waals surface area contributed by atoms with Gasteiger partial charge in [-0.2, -0.15) is 5.26 Å². The first-order valence-corrected chi connectivity index (χ1v) is 6.29. The number of likely N-dealkylation sites (tertiary alicyclic amines) is 1. The molecule has 1 aliphatic rings. The van der Waals surface area contributed by atoms with E-state index in [0.717, 1.165) is 25.3 Å². The average Bonchev–Trinajstić information content (AvgIpc) is 2.36. The summed E-state index contributed by atoms with van der Waals surface area (Å²) in [4.78, 5) is 13.7. The number of carbonyl (C=O) groups is 1. The quantitative estimate of drug-likeness (QED) is 0.664. The molecule has 0 saturated carbocycles. The van der Waals surface area contributed by atoms with Gasteiger partial charge in [0.2, 0.25) is 5.91 Å². The number of piperidine rings is 1. The van der Waals surface area contributed by atoms with Crippen molar-refractivity contribution in [3.05, 3.63) is 0 Å². The molecule has 1 rings (SSSR count). The van der Waals surface area contributed by atoms with Crippen LogP contribution in [0, 0.1) is 17.2 Å². The largest absolute Gasteiger partial charge is 0.342 e. The Morgan fingerprint density at radius 3 is 3.00 bits per heavy atom. The van der Waals surface area contributed by atoms with Gasteiger partial charge in [0.1, 0.15) is 6.54 Å². The SMILES string of the molecule is CCC1CCN(CC(=O)NCC#N)C(CN)C1. The van der Waals surface area contributed by atoms with Crippen LogP contribution in [0.25, 0.3) is 0 Å². The van der Waals surface area contributed by atoms with Crippen molar-refractivity contribution in [1.29, 1.82) is 5.26 Å². The highest BCUT2D eigenvalue weighted by Gasteiger charge is 2.27. The summed E-state index contributed by atoms with van der Waals surface area (Å²) in [6.45, 7) is 4.17. The van der Waals surface area contributed by atoms with Crippen LogP contribution in [0.15, 0.2) is 0 Å². The molecule has 1 amide bonds. The zero-order valence-electron chi connectivity index (χ0n) is 10.5. The molecule has 0 aromatic heterocycles. The van der Waals surface area contributed by atoms with Gasteiger partial charge in [-0.25, -0.2) is 0 Å². The van der Waals surface area contributed by atoms with Crippen molar-refractivity contribution in [3.63, 3.8) is 0 Å². The minimum Gasteiger partial charge on any atom is -0.342 e. The second-order valence-electron chi connectivity index (χ2n) is 4.59. The highest BCUT2D eigenvalue weighted by atomic mass is 16.2. The van der Waals surface area contributed by atoms with Gasteiger partial charge in [0.25, 0.3) is 0 Å². The fraction of sp³-hybridized carbons (Fsp3) is 0.833. The van der Waals surface area contributed by atoms with Gasteiger partial charge in [0.05, 0.1) is 12.6 Å². The summed E-state index contributed by atoms with van der Waals surface area (Å²) < 4.78 is 0. The van der Waals surface area contributed by atoms with Gasteiger partial charge in [0, 0.05) is 12.6 Å². The third-order valence-electron chi connectivity index (χ3n) is 3.51. The molecule has 2 atom stereocenters. The molecule has 1 heterocycles. The number of carbonyl (C=O) groups excluding carboxylic acids is 1. The summed E-state index contributed by atoms with van der Waals surface area (Å²) in [5.74, 6) is 0.655. The summed E-state index contributed by atoms with van der Waals surface area (Å²) in [6, 6.07) is 2.21. The predicted octanol–water partition coefficient (Wildman–Crippen LogP) is 0.0755. The number of nitrogens with zero attached hydrogens (tertiary/aromatic N) is 2. The second-order valence-corrected chi connectivity index (χ2v) is 4.59. The Labute approximate surface area is 103 Å². The van der Waals surface area contributed by atoms with Gasteiger partial charge in [-0.3, -0.25) is 9.69 Å². The van der Waals surface area contributed by atoms with Crippen LogP contribution in [0.3, 0.4) is 0 Å². The molecule has 0 aromatic rings. The minimum atomic E-state index is -0.0834. The third-order valence-corrected chi connectivity index (χ3v) is 3.51. The van der Waals surface area contributed by atoms with Gasteiger partial charge < -0.3 is 11.1 Å². The molecule has 0 aromatic carbocycles. The zero-order chi connectivity index (χ0) is 12.7. The van der Waals surface area contributed by atoms with E-state index >= 15 is 0 Å². The summed E-state index contributed by atoms with van der Waals surface area (Å²) >= 11 is 0. The summed E-state index contributed by atoms with van der Waals surface area (Å²) in [5, 5.41) is 11.0. The van der Waals surface area contributed by atoms with E-state index in [9.17, 15) is 4.79 Å². The van der Waals surface area contributed by atoms with E-state index in [1.54, 1.807) is 0 Å². The molecule has 3 N–H and O–H groups in total. The van der Waals surface area contributed by atoms with E-state index < -0.39 is 0 Å². The Kier molecular flexibility index (Phi) is 5.95. The molecule has 96 valence electrons. The number of hydrogen-bond donors (Lipinski definition) is 2. The van der Waals surface area contributed by atoms with Crippen LogP contribution in [0.4, 0.5) is 0 Å². The lowest BCUT2D eigenvalue weighted by molar-refractivity contribution is -0.123. The first-order valence-electron chi connectivity index (χ1n) is 6.29. The molecule has 2 unspecified atom stereocenters. The second kappa shape index (κ2) is 7.25. The highest BCUT2D eigenvalue weighted by molar-refractivity contribution is 5.78. The third kappa shape index (κ3) is 4.33. The molecule has 1 fully saturated rings. The number of hydrogen-bond acceptors (Lipinski definition) is 4. The van der Waals surface area contributed by atoms with Crippen LogP contribution in [0.5, 0.6) is 0 Å². The van der Waals surface area contributed by atoms with Crippen molar-refractivity contribution >= 4 is 5.91 Å². The normalized spacial score (nSPS) is 25.2. The smallest absolute Gasteiger partial charge is 0.235 e. The van der Waals surface area contributed by atoms with E-state index in [1.807, 2.05) is 6.07 Å². The zero-order valence-corrected chi connectivity index (χ0v) is 10.5. The standard InChI is InChI=1S/C12H22N4O/c1-2-10-3-6-16(11(7-10)8-14)9-12(17)15-5-4-13/h10-11H,2-3,5-9,14H2,1H3,(H,15,17). The van der Waals surface area contributed by atoms with E-state index in [1.165, 1.54) is 6.42 Å². The van der Waals surface area contributed by atoms with Gasteiger partial charge in [-0.05, 0) is 25.3 Å². The Balaban J connectivity index is 2.42. The predicted molar refractivity (Wildman–Crippen MR) is 66.1 cm³/mol. The van der Waals surface area contributed by atoms with E-state index in [2.05, 4.69) is 17.1 Å². The maximum atomic E-state index is 11.5. The molecule has 5 nitrogen and oxygen atoms in total. The Morgan fingerprint density at radius 1 is 1.65 bits per heavy atom. The highest BCUT2D eigenvalue weighted by Crippen LogP contribution is 2.24. The summed E-state index contributed by atoms with van der Waals surface area (Å²) in [7, 11) is 0. The van der Waals surface area contributed by atoms with Crippen molar-refractivity contribution < 1.29 is 4.79 Å². The molecule has 0 spiro atoms. The lowest BCUT2D eigenvalue weighted by Crippen LogP contribution is -2.50. The Bertz CT molecular complexity index is 287. The van der Waals surface area contributed by atoms with Crippen molar-refractivity contribution in [2.75, 3.05) is 26.2 Å². The average molecular weight is 238 g/mol. The molecule has 5 heteroatoms. The molecule has 1 saturated heterocycles. The van der Waals surface area contributed by atoms with Gasteiger partial charge in [0.15, 0.2) is 0 Å². The topological polar surface area (TPSA) is 82.2 Å². The van der Waals surface area contributed by atoms with Crippen molar-refractivity contribution in [2.24, 2.45) is 11.7 Å². The van der Waals surface area contributed by atoms with Gasteiger partial charge >= 0.3 is 0 Å². The van der Waals surface area contributed by atoms with E-state index in [4.69, 9.17) is 11.0 Å². The summed E-state index contributed by atoms with van der Waals surface area (Å²) in [6.07, 6.45) is 3.40. The van der Waals surface area contributed by atoms with Crippen LogP contribution < -0.4 is 11.1 Å². The van der Waals surface area contributed by atoms with Crippen LogP contribution in [0.1, 0.15) is 26.2 Å². The lowest BCUT2D eigenvalue weighted by Gasteiger charge is -2.38. The fourth-order valence-corrected chi connectivity index (χ4v) is 2.39. The number of nitrogens with two attached hydrogens (primary N) is 1. The number of rotatable bonds is 5. The first kappa shape index (κ1) is 13.9. The minimum absolute atomic E-state index is 0.0809. The molecule has 1 aliphatic heterocycles. The monoisotopic (exact) mass is 238 g/mol. The molecule has 0 aliphatic carbocycles. The lowest BCUT2D eigenvalue weighted by atomic mass is 9.89. The molecule has 17 heavy (non-hydrogen) atoms. The van der Waals surface area contributed by atoms with Crippen molar-refractivity contribution in [1.82, 2.24) is 10.2 Å². The summed E-state index contributed by atoms with van der Waals surface area (Å²) in [5.41, 5.74) is 5.76. The van der Waals surface area contributed by atoms with E-state index in [0.29, 0.717) is 19.1 Å². The number of nitrogens with one attached hydrogen (secondary N) is 1. The maximum absolute atomic E-state index is 11.5. The number of nitriles is 1. The van der Waals surface area contributed by atoms with Crippen LogP contribution >= 0.6 is 0 Å². The molecular formula is C12H22N4O. The van der Waals surface area contributed by atoms with Crippen LogP contribution in [-0.2, 0) is 4.79 Å². The molecule has 0 bridgehead atoms. The van der Waals surface area contributed by atoms with E-state index in [-0.39, 0.29) is 12.5 Å². The Hall–Kier alpha value is -1.12. The van der Waals surface area contributed by atoms with Gasteiger partial charge in [-0.15, -0.1) is 0 Å². The van der Waals surface area contributed by atoms with Crippen LogP contribution in [-0.4, -0.2) is 43.0 Å². The van der Waals surface area contributed by atoms with Crippen molar-refractivity contribution in [2.45, 2.75) is 32.2 Å². The fourth-order valence-electron chi connectivity index (χ4n) is 2.39. The maximum Gasteiger partial charge on any atom is 0.235 e. The first-order chi connectivity index (χ1) is 8.21.